The molecule has 0 aromatic heterocycles. The zero-order chi connectivity index (χ0) is 23.8. The first-order chi connectivity index (χ1) is 15.9. The van der Waals surface area contributed by atoms with Gasteiger partial charge in [-0.3, -0.25) is 4.79 Å². The Hall–Kier alpha value is -3.39. The van der Waals surface area contributed by atoms with E-state index in [2.05, 4.69) is 34.9 Å². The highest BCUT2D eigenvalue weighted by Crippen LogP contribution is 2.44. The number of nitrogens with one attached hydrogen (secondary N) is 2. The number of carbonyl (C=O) groups excluding carboxylic acids is 2. The molecule has 0 saturated heterocycles. The van der Waals surface area contributed by atoms with Crippen molar-refractivity contribution in [2.75, 3.05) is 32.9 Å². The highest BCUT2D eigenvalue weighted by atomic mass is 16.5. The summed E-state index contributed by atoms with van der Waals surface area (Å²) in [6.07, 6.45) is -0.569. The topological polar surface area (TPSA) is 114 Å². The number of fused-ring (bicyclic) bond motifs is 3. The van der Waals surface area contributed by atoms with Crippen LogP contribution < -0.4 is 10.6 Å². The van der Waals surface area contributed by atoms with Crippen LogP contribution in [0, 0.1) is 11.8 Å². The fourth-order valence-electron chi connectivity index (χ4n) is 4.01. The van der Waals surface area contributed by atoms with Gasteiger partial charge in [0, 0.05) is 19.0 Å². The number of rotatable bonds is 11. The summed E-state index contributed by atoms with van der Waals surface area (Å²) in [6.45, 7) is 4.01. The molecule has 1 unspecified atom stereocenters. The van der Waals surface area contributed by atoms with Crippen LogP contribution in [0.2, 0.25) is 0 Å². The van der Waals surface area contributed by atoms with E-state index in [4.69, 9.17) is 14.6 Å². The largest absolute Gasteiger partial charge is 0.480 e. The Morgan fingerprint density at radius 2 is 1.58 bits per heavy atom. The molecule has 1 aliphatic carbocycles. The number of carboxylic acids is 1. The second kappa shape index (κ2) is 11.5. The lowest BCUT2D eigenvalue weighted by Crippen LogP contribution is -2.42. The van der Waals surface area contributed by atoms with Crippen molar-refractivity contribution in [2.45, 2.75) is 19.8 Å². The molecule has 8 heteroatoms. The normalized spacial score (nSPS) is 13.2. The lowest BCUT2D eigenvalue weighted by Gasteiger charge is -2.21. The lowest BCUT2D eigenvalue weighted by atomic mass is 9.95. The molecule has 3 N–H and O–H groups in total. The molecule has 176 valence electrons. The van der Waals surface area contributed by atoms with Gasteiger partial charge in [-0.15, -0.1) is 0 Å². The molecule has 0 spiro atoms. The molecular formula is C25H30N2O6. The Bertz CT molecular complexity index is 945. The molecule has 1 aliphatic rings. The fourth-order valence-corrected chi connectivity index (χ4v) is 4.01. The van der Waals surface area contributed by atoms with Gasteiger partial charge in [-0.25, -0.2) is 9.59 Å². The van der Waals surface area contributed by atoms with Gasteiger partial charge < -0.3 is 25.2 Å². The number of amides is 2. The van der Waals surface area contributed by atoms with Crippen LogP contribution in [0.4, 0.5) is 4.79 Å². The van der Waals surface area contributed by atoms with E-state index in [1.807, 2.05) is 38.1 Å². The summed E-state index contributed by atoms with van der Waals surface area (Å²) in [5, 5.41) is 14.0. The van der Waals surface area contributed by atoms with Crippen LogP contribution in [0.5, 0.6) is 0 Å². The summed E-state index contributed by atoms with van der Waals surface area (Å²) >= 11 is 0. The van der Waals surface area contributed by atoms with E-state index in [1.165, 1.54) is 0 Å². The van der Waals surface area contributed by atoms with E-state index in [0.717, 1.165) is 22.3 Å². The van der Waals surface area contributed by atoms with Gasteiger partial charge in [0.2, 0.25) is 5.91 Å². The minimum atomic E-state index is -1.06. The highest BCUT2D eigenvalue weighted by molar-refractivity contribution is 5.80. The second-order valence-corrected chi connectivity index (χ2v) is 8.29. The fraction of sp³-hybridized carbons (Fsp3) is 0.400. The Labute approximate surface area is 193 Å². The zero-order valence-electron chi connectivity index (χ0n) is 18.9. The molecule has 8 nitrogen and oxygen atoms in total. The summed E-state index contributed by atoms with van der Waals surface area (Å²) in [7, 11) is 0. The zero-order valence-corrected chi connectivity index (χ0v) is 18.9. The summed E-state index contributed by atoms with van der Waals surface area (Å²) < 4.78 is 10.4. The lowest BCUT2D eigenvalue weighted by molar-refractivity contribution is -0.142. The smallest absolute Gasteiger partial charge is 0.407 e. The average molecular weight is 455 g/mol. The van der Waals surface area contributed by atoms with Crippen molar-refractivity contribution in [3.63, 3.8) is 0 Å². The van der Waals surface area contributed by atoms with Gasteiger partial charge in [0.15, 0.2) is 0 Å². The van der Waals surface area contributed by atoms with Gasteiger partial charge in [0.25, 0.3) is 0 Å². The van der Waals surface area contributed by atoms with Crippen LogP contribution in [0.1, 0.15) is 30.9 Å². The van der Waals surface area contributed by atoms with Gasteiger partial charge in [-0.2, -0.15) is 0 Å². The Kier molecular flexibility index (Phi) is 8.43. The van der Waals surface area contributed by atoms with Crippen molar-refractivity contribution in [3.8, 4) is 11.1 Å². The van der Waals surface area contributed by atoms with E-state index < -0.39 is 24.6 Å². The molecule has 2 aromatic rings. The van der Waals surface area contributed by atoms with E-state index in [9.17, 15) is 14.4 Å². The van der Waals surface area contributed by atoms with Crippen molar-refractivity contribution in [1.29, 1.82) is 0 Å². The number of benzene rings is 2. The van der Waals surface area contributed by atoms with Gasteiger partial charge in [0.05, 0.1) is 12.5 Å². The van der Waals surface area contributed by atoms with E-state index >= 15 is 0 Å². The summed E-state index contributed by atoms with van der Waals surface area (Å²) in [6, 6.07) is 16.2. The molecule has 1 atom stereocenters. The SMILES string of the molecule is CC(C)C(CNC(=O)OCC1c2ccccc2-c2ccccc21)C(=O)NCCOCC(=O)O. The third-order valence-corrected chi connectivity index (χ3v) is 5.72. The van der Waals surface area contributed by atoms with E-state index in [-0.39, 0.29) is 44.0 Å². The van der Waals surface area contributed by atoms with Crippen LogP contribution in [0.15, 0.2) is 48.5 Å². The van der Waals surface area contributed by atoms with Crippen molar-refractivity contribution in [3.05, 3.63) is 59.7 Å². The second-order valence-electron chi connectivity index (χ2n) is 8.29. The molecule has 0 aliphatic heterocycles. The van der Waals surface area contributed by atoms with Gasteiger partial charge >= 0.3 is 12.1 Å². The Morgan fingerprint density at radius 1 is 0.970 bits per heavy atom. The number of carbonyl (C=O) groups is 3. The van der Waals surface area contributed by atoms with Crippen LogP contribution in [-0.2, 0) is 19.1 Å². The van der Waals surface area contributed by atoms with Crippen molar-refractivity contribution < 1.29 is 29.0 Å². The van der Waals surface area contributed by atoms with Crippen LogP contribution >= 0.6 is 0 Å². The highest BCUT2D eigenvalue weighted by Gasteiger charge is 2.29. The van der Waals surface area contributed by atoms with Crippen LogP contribution in [-0.4, -0.2) is 56.0 Å². The van der Waals surface area contributed by atoms with Gasteiger partial charge in [0.1, 0.15) is 13.2 Å². The first-order valence-electron chi connectivity index (χ1n) is 11.0. The number of carboxylic acid groups (broad SMARTS) is 1. The standard InChI is InChI=1S/C25H30N2O6/c1-16(2)21(24(30)26-11-12-32-15-23(28)29)13-27-25(31)33-14-22-19-9-5-3-7-17(19)18-8-4-6-10-20(18)22/h3-10,16,21-22H,11-15H2,1-2H3,(H,26,30)(H,27,31)(H,28,29). The summed E-state index contributed by atoms with van der Waals surface area (Å²) in [4.78, 5) is 35.3. The molecule has 3 rings (SSSR count). The van der Waals surface area contributed by atoms with Gasteiger partial charge in [-0.05, 0) is 28.2 Å². The summed E-state index contributed by atoms with van der Waals surface area (Å²) in [5.74, 6) is -1.79. The third-order valence-electron chi connectivity index (χ3n) is 5.72. The number of hydrogen-bond acceptors (Lipinski definition) is 5. The molecule has 0 saturated carbocycles. The quantitative estimate of drug-likeness (QED) is 0.450. The summed E-state index contributed by atoms with van der Waals surface area (Å²) in [5.41, 5.74) is 4.59. The monoisotopic (exact) mass is 454 g/mol. The van der Waals surface area contributed by atoms with Crippen LogP contribution in [0.25, 0.3) is 11.1 Å². The molecule has 2 amide bonds. The van der Waals surface area contributed by atoms with E-state index in [1.54, 1.807) is 0 Å². The first kappa shape index (κ1) is 24.3. The van der Waals surface area contributed by atoms with Crippen LogP contribution in [0.3, 0.4) is 0 Å². The molecule has 0 heterocycles. The first-order valence-corrected chi connectivity index (χ1v) is 11.0. The third kappa shape index (κ3) is 6.32. The van der Waals surface area contributed by atoms with Crippen molar-refractivity contribution in [1.82, 2.24) is 10.6 Å². The number of ether oxygens (including phenoxy) is 2. The number of hydrogen-bond donors (Lipinski definition) is 3. The average Bonchev–Trinajstić information content (AvgIpc) is 3.11. The maximum Gasteiger partial charge on any atom is 0.407 e. The molecule has 0 bridgehead atoms. The molecule has 33 heavy (non-hydrogen) atoms. The number of alkyl carbamates (subject to hydrolysis) is 1. The molecular weight excluding hydrogens is 424 g/mol. The van der Waals surface area contributed by atoms with Gasteiger partial charge in [-0.1, -0.05) is 62.4 Å². The predicted octanol–water partition coefficient (Wildman–Crippen LogP) is 3.01. The van der Waals surface area contributed by atoms with Crippen molar-refractivity contribution in [2.24, 2.45) is 11.8 Å². The Morgan fingerprint density at radius 3 is 2.15 bits per heavy atom. The van der Waals surface area contributed by atoms with Crippen molar-refractivity contribution >= 4 is 18.0 Å². The predicted molar refractivity (Wildman–Crippen MR) is 123 cm³/mol. The number of aliphatic carboxylic acids is 1. The Balaban J connectivity index is 1.49. The maximum atomic E-state index is 12.5. The minimum Gasteiger partial charge on any atom is -0.480 e. The maximum absolute atomic E-state index is 12.5. The van der Waals surface area contributed by atoms with E-state index in [0.29, 0.717) is 0 Å². The molecule has 0 fully saturated rings. The minimum absolute atomic E-state index is 0.0150. The molecule has 2 aromatic carbocycles. The molecule has 0 radical (unpaired) electrons.